The minimum absolute atomic E-state index is 0.0803. The molecule has 1 atom stereocenters. The first-order valence-corrected chi connectivity index (χ1v) is 10.5. The number of ether oxygens (including phenoxy) is 1. The molecule has 1 heterocycles. The molecule has 0 spiro atoms. The van der Waals surface area contributed by atoms with Crippen molar-refractivity contribution >= 4 is 15.9 Å². The van der Waals surface area contributed by atoms with Crippen LogP contribution in [0.15, 0.2) is 53.4 Å². The van der Waals surface area contributed by atoms with Crippen molar-refractivity contribution in [2.75, 3.05) is 13.7 Å². The van der Waals surface area contributed by atoms with Gasteiger partial charge in [-0.15, -0.1) is 0 Å². The summed E-state index contributed by atoms with van der Waals surface area (Å²) in [5.41, 5.74) is 2.04. The Hall–Kier alpha value is -2.38. The van der Waals surface area contributed by atoms with E-state index in [9.17, 15) is 13.2 Å². The first kappa shape index (κ1) is 19.4. The molecule has 0 aromatic heterocycles. The zero-order chi connectivity index (χ0) is 19.4. The van der Waals surface area contributed by atoms with Crippen LogP contribution in [-0.2, 0) is 21.2 Å². The van der Waals surface area contributed by atoms with E-state index in [2.05, 4.69) is 0 Å². The summed E-state index contributed by atoms with van der Waals surface area (Å²) in [7, 11) is -2.06. The summed E-state index contributed by atoms with van der Waals surface area (Å²) in [4.78, 5) is 14.8. The van der Waals surface area contributed by atoms with Crippen LogP contribution in [0.1, 0.15) is 36.4 Å². The average molecular weight is 388 g/mol. The van der Waals surface area contributed by atoms with E-state index in [0.717, 1.165) is 36.3 Å². The fourth-order valence-corrected chi connectivity index (χ4v) is 3.99. The summed E-state index contributed by atoms with van der Waals surface area (Å²) in [6, 6.07) is 14.3. The first-order chi connectivity index (χ1) is 12.9. The summed E-state index contributed by atoms with van der Waals surface area (Å²) in [6.45, 7) is 0.764. The number of nitrogens with two attached hydrogens (primary N) is 1. The lowest BCUT2D eigenvalue weighted by atomic mass is 10.0. The maximum Gasteiger partial charge on any atom is 0.238 e. The number of benzene rings is 2. The second-order valence-electron chi connectivity index (χ2n) is 6.71. The van der Waals surface area contributed by atoms with Crippen molar-refractivity contribution in [2.24, 2.45) is 5.14 Å². The molecule has 2 aromatic rings. The van der Waals surface area contributed by atoms with Crippen LogP contribution in [0.5, 0.6) is 5.75 Å². The highest BCUT2D eigenvalue weighted by atomic mass is 32.2. The number of methoxy groups -OCH3 is 1. The molecule has 3 rings (SSSR count). The second-order valence-corrected chi connectivity index (χ2v) is 8.27. The minimum atomic E-state index is -3.69. The number of hydrogen-bond acceptors (Lipinski definition) is 4. The average Bonchev–Trinajstić information content (AvgIpc) is 3.16. The molecule has 0 saturated carbocycles. The number of amides is 1. The van der Waals surface area contributed by atoms with Crippen LogP contribution in [0.2, 0.25) is 0 Å². The molecule has 0 radical (unpaired) electrons. The van der Waals surface area contributed by atoms with Gasteiger partial charge >= 0.3 is 0 Å². The standard InChI is InChI=1S/C20H24N2O4S/c1-26-17-9-7-16(8-10-17)19-3-2-14-22(19)20(23)13-6-15-4-11-18(12-5-15)27(21,24)25/h4-5,7-12,19H,2-3,6,13-14H2,1H3,(H2,21,24,25)/t19-/m1/s1. The van der Waals surface area contributed by atoms with E-state index in [-0.39, 0.29) is 16.8 Å². The second kappa shape index (κ2) is 8.10. The van der Waals surface area contributed by atoms with E-state index in [1.165, 1.54) is 12.1 Å². The van der Waals surface area contributed by atoms with Gasteiger partial charge in [0.1, 0.15) is 5.75 Å². The summed E-state index contributed by atoms with van der Waals surface area (Å²) >= 11 is 0. The Morgan fingerprint density at radius 2 is 1.81 bits per heavy atom. The van der Waals surface area contributed by atoms with Gasteiger partial charge in [-0.3, -0.25) is 4.79 Å². The van der Waals surface area contributed by atoms with Crippen LogP contribution in [0.3, 0.4) is 0 Å². The smallest absolute Gasteiger partial charge is 0.238 e. The number of nitrogens with zero attached hydrogens (tertiary/aromatic N) is 1. The molecule has 1 aliphatic rings. The topological polar surface area (TPSA) is 89.7 Å². The minimum Gasteiger partial charge on any atom is -0.497 e. The number of rotatable bonds is 6. The van der Waals surface area contributed by atoms with Crippen LogP contribution in [0.25, 0.3) is 0 Å². The zero-order valence-electron chi connectivity index (χ0n) is 15.3. The van der Waals surface area contributed by atoms with Gasteiger partial charge < -0.3 is 9.64 Å². The molecule has 6 nitrogen and oxygen atoms in total. The maximum atomic E-state index is 12.7. The molecule has 1 amide bonds. The van der Waals surface area contributed by atoms with E-state index < -0.39 is 10.0 Å². The number of carbonyl (C=O) groups is 1. The molecule has 0 bridgehead atoms. The molecular formula is C20H24N2O4S. The molecule has 27 heavy (non-hydrogen) atoms. The molecule has 1 saturated heterocycles. The summed E-state index contributed by atoms with van der Waals surface area (Å²) in [5, 5.41) is 5.10. The van der Waals surface area contributed by atoms with Crippen LogP contribution < -0.4 is 9.88 Å². The van der Waals surface area contributed by atoms with Gasteiger partial charge in [0.2, 0.25) is 15.9 Å². The Kier molecular flexibility index (Phi) is 5.82. The lowest BCUT2D eigenvalue weighted by Crippen LogP contribution is -2.30. The van der Waals surface area contributed by atoms with Crippen LogP contribution in [0.4, 0.5) is 0 Å². The molecule has 1 aliphatic heterocycles. The molecule has 2 N–H and O–H groups in total. The molecule has 0 unspecified atom stereocenters. The highest BCUT2D eigenvalue weighted by Gasteiger charge is 2.29. The molecule has 2 aromatic carbocycles. The van der Waals surface area contributed by atoms with Gasteiger partial charge in [0.05, 0.1) is 18.0 Å². The fourth-order valence-electron chi connectivity index (χ4n) is 3.48. The van der Waals surface area contributed by atoms with Gasteiger partial charge in [0.25, 0.3) is 0 Å². The van der Waals surface area contributed by atoms with Crippen molar-refractivity contribution in [3.63, 3.8) is 0 Å². The van der Waals surface area contributed by atoms with Crippen molar-refractivity contribution in [1.29, 1.82) is 0 Å². The zero-order valence-corrected chi connectivity index (χ0v) is 16.1. The Morgan fingerprint density at radius 3 is 2.41 bits per heavy atom. The number of hydrogen-bond donors (Lipinski definition) is 1. The van der Waals surface area contributed by atoms with Crippen molar-refractivity contribution in [2.45, 2.75) is 36.6 Å². The van der Waals surface area contributed by atoms with Gasteiger partial charge in [0.15, 0.2) is 0 Å². The van der Waals surface area contributed by atoms with Crippen molar-refractivity contribution in [1.82, 2.24) is 4.90 Å². The van der Waals surface area contributed by atoms with Crippen molar-refractivity contribution < 1.29 is 17.9 Å². The van der Waals surface area contributed by atoms with Gasteiger partial charge in [-0.25, -0.2) is 13.6 Å². The lowest BCUT2D eigenvalue weighted by molar-refractivity contribution is -0.132. The monoisotopic (exact) mass is 388 g/mol. The highest BCUT2D eigenvalue weighted by molar-refractivity contribution is 7.89. The third-order valence-electron chi connectivity index (χ3n) is 4.95. The molecular weight excluding hydrogens is 364 g/mol. The number of primary sulfonamides is 1. The Balaban J connectivity index is 1.62. The summed E-state index contributed by atoms with van der Waals surface area (Å²) < 4.78 is 27.8. The van der Waals surface area contributed by atoms with E-state index in [0.29, 0.717) is 12.8 Å². The van der Waals surface area contributed by atoms with Crippen molar-refractivity contribution in [3.05, 3.63) is 59.7 Å². The van der Waals surface area contributed by atoms with Crippen LogP contribution >= 0.6 is 0 Å². The number of sulfonamides is 1. The van der Waals surface area contributed by atoms with Gasteiger partial charge in [0, 0.05) is 13.0 Å². The lowest BCUT2D eigenvalue weighted by Gasteiger charge is -2.25. The first-order valence-electron chi connectivity index (χ1n) is 8.93. The maximum absolute atomic E-state index is 12.7. The molecule has 7 heteroatoms. The molecule has 144 valence electrons. The van der Waals surface area contributed by atoms with Crippen molar-refractivity contribution in [3.8, 4) is 5.75 Å². The third-order valence-corrected chi connectivity index (χ3v) is 5.88. The predicted octanol–water partition coefficient (Wildman–Crippen LogP) is 2.64. The quantitative estimate of drug-likeness (QED) is 0.824. The molecule has 0 aliphatic carbocycles. The Bertz CT molecular complexity index is 893. The normalized spacial score (nSPS) is 17.1. The summed E-state index contributed by atoms with van der Waals surface area (Å²) in [6.07, 6.45) is 2.91. The largest absolute Gasteiger partial charge is 0.497 e. The van der Waals surface area contributed by atoms with Crippen LogP contribution in [-0.4, -0.2) is 32.9 Å². The Labute approximate surface area is 160 Å². The van der Waals surface area contributed by atoms with E-state index in [1.54, 1.807) is 19.2 Å². The summed E-state index contributed by atoms with van der Waals surface area (Å²) in [5.74, 6) is 0.918. The van der Waals surface area contributed by atoms with Gasteiger partial charge in [-0.05, 0) is 54.7 Å². The van der Waals surface area contributed by atoms with E-state index >= 15 is 0 Å². The number of carbonyl (C=O) groups excluding carboxylic acids is 1. The third kappa shape index (κ3) is 4.67. The predicted molar refractivity (Wildman–Crippen MR) is 103 cm³/mol. The van der Waals surface area contributed by atoms with Gasteiger partial charge in [-0.2, -0.15) is 0 Å². The van der Waals surface area contributed by atoms with Crippen LogP contribution in [0, 0.1) is 0 Å². The van der Waals surface area contributed by atoms with E-state index in [4.69, 9.17) is 9.88 Å². The number of aryl methyl sites for hydroxylation is 1. The fraction of sp³-hybridized carbons (Fsp3) is 0.350. The van der Waals surface area contributed by atoms with Gasteiger partial charge in [-0.1, -0.05) is 24.3 Å². The molecule has 1 fully saturated rings. The number of likely N-dealkylation sites (tertiary alicyclic amines) is 1. The SMILES string of the molecule is COc1ccc([C@H]2CCCN2C(=O)CCc2ccc(S(N)(=O)=O)cc2)cc1. The Morgan fingerprint density at radius 1 is 1.15 bits per heavy atom. The van der Waals surface area contributed by atoms with E-state index in [1.807, 2.05) is 29.2 Å². The highest BCUT2D eigenvalue weighted by Crippen LogP contribution is 2.33.